The maximum absolute atomic E-state index is 14.4. The Morgan fingerprint density at radius 1 is 1.07 bits per heavy atom. The topological polar surface area (TPSA) is 148 Å². The maximum Gasteiger partial charge on any atom is 0.412 e. The van der Waals surface area contributed by atoms with Crippen LogP contribution in [0, 0.1) is 17.8 Å². The number of oxime groups is 1. The number of carbonyl (C=O) groups excluding carboxylic acids is 2. The lowest BCUT2D eigenvalue weighted by atomic mass is 9.55. The van der Waals surface area contributed by atoms with Gasteiger partial charge in [0.05, 0.1) is 31.8 Å². The first kappa shape index (κ1) is 42.7. The highest BCUT2D eigenvalue weighted by atomic mass is 16.7. The van der Waals surface area contributed by atoms with Gasteiger partial charge in [0.15, 0.2) is 0 Å². The second kappa shape index (κ2) is 19.2. The minimum Gasteiger partial charge on any atom is -0.497 e. The number of aliphatic hydroxyl groups is 2. The van der Waals surface area contributed by atoms with Gasteiger partial charge in [-0.05, 0) is 107 Å². The summed E-state index contributed by atoms with van der Waals surface area (Å²) < 4.78 is 25.4. The van der Waals surface area contributed by atoms with E-state index in [1.54, 1.807) is 31.2 Å². The van der Waals surface area contributed by atoms with Crippen LogP contribution in [0.4, 0.5) is 4.79 Å². The summed E-state index contributed by atoms with van der Waals surface area (Å²) in [6.07, 6.45) is 8.37. The van der Waals surface area contributed by atoms with Gasteiger partial charge < -0.3 is 44.2 Å². The van der Waals surface area contributed by atoms with Crippen LogP contribution >= 0.6 is 0 Å². The summed E-state index contributed by atoms with van der Waals surface area (Å²) >= 11 is 0. The SMILES string of the molecule is C=CCOC12Oc3ccc(OC(=O)NCC)cc3C3C(CCCCO)C(CCCCO)C=C(C(=NOC(C)(C)C)CC1N(C)C(=O)Cc1cccc(OC)c1)C32. The van der Waals surface area contributed by atoms with E-state index in [4.69, 9.17) is 28.9 Å². The molecule has 0 radical (unpaired) electrons. The number of hydrogen-bond acceptors (Lipinski definition) is 10. The van der Waals surface area contributed by atoms with E-state index >= 15 is 0 Å². The monoisotopic (exact) mass is 775 g/mol. The van der Waals surface area contributed by atoms with Crippen molar-refractivity contribution in [3.63, 3.8) is 0 Å². The Labute approximate surface area is 331 Å². The third-order valence-corrected chi connectivity index (χ3v) is 11.0. The van der Waals surface area contributed by atoms with Crippen molar-refractivity contribution in [1.29, 1.82) is 0 Å². The number of fused-ring (bicyclic) bond motifs is 2. The molecule has 0 bridgehead atoms. The van der Waals surface area contributed by atoms with Crippen molar-refractivity contribution in [2.45, 2.75) is 102 Å². The van der Waals surface area contributed by atoms with Gasteiger partial charge in [0.1, 0.15) is 28.9 Å². The highest BCUT2D eigenvalue weighted by Crippen LogP contribution is 2.61. The summed E-state index contributed by atoms with van der Waals surface area (Å²) in [7, 11) is 3.39. The summed E-state index contributed by atoms with van der Waals surface area (Å²) in [6.45, 7) is 12.4. The second-order valence-electron chi connectivity index (χ2n) is 15.9. The fraction of sp³-hybridized carbons (Fsp3) is 0.568. The number of aliphatic hydroxyl groups excluding tert-OH is 2. The first-order valence-electron chi connectivity index (χ1n) is 20.0. The first-order chi connectivity index (χ1) is 26.9. The molecule has 2 aliphatic carbocycles. The molecule has 0 saturated heterocycles. The smallest absolute Gasteiger partial charge is 0.412 e. The number of ether oxygens (including phenoxy) is 4. The second-order valence-corrected chi connectivity index (χ2v) is 15.9. The number of rotatable bonds is 18. The molecule has 1 fully saturated rings. The van der Waals surface area contributed by atoms with E-state index in [1.165, 1.54) is 0 Å². The average Bonchev–Trinajstić information content (AvgIpc) is 3.17. The van der Waals surface area contributed by atoms with E-state index in [1.807, 2.05) is 64.1 Å². The van der Waals surface area contributed by atoms with Crippen LogP contribution in [0.5, 0.6) is 17.2 Å². The Kier molecular flexibility index (Phi) is 14.6. The lowest BCUT2D eigenvalue weighted by Crippen LogP contribution is -2.69. The largest absolute Gasteiger partial charge is 0.497 e. The van der Waals surface area contributed by atoms with Crippen molar-refractivity contribution < 1.29 is 43.6 Å². The van der Waals surface area contributed by atoms with Crippen molar-refractivity contribution in [3.8, 4) is 17.2 Å². The van der Waals surface area contributed by atoms with Crippen molar-refractivity contribution in [2.24, 2.45) is 22.9 Å². The molecule has 6 atom stereocenters. The zero-order chi connectivity index (χ0) is 40.5. The van der Waals surface area contributed by atoms with E-state index in [2.05, 4.69) is 18.0 Å². The van der Waals surface area contributed by atoms with Crippen molar-refractivity contribution >= 4 is 17.7 Å². The number of nitrogens with one attached hydrogen (secondary N) is 1. The minimum atomic E-state index is -1.38. The van der Waals surface area contributed by atoms with Gasteiger partial charge in [-0.2, -0.15) is 0 Å². The third-order valence-electron chi connectivity index (χ3n) is 11.0. The average molecular weight is 776 g/mol. The lowest BCUT2D eigenvalue weighted by molar-refractivity contribution is -0.255. The fourth-order valence-electron chi connectivity index (χ4n) is 8.53. The predicted molar refractivity (Wildman–Crippen MR) is 215 cm³/mol. The van der Waals surface area contributed by atoms with Gasteiger partial charge in [0.25, 0.3) is 0 Å². The van der Waals surface area contributed by atoms with Gasteiger partial charge in [-0.1, -0.05) is 42.3 Å². The molecule has 0 aromatic heterocycles. The zero-order valence-corrected chi connectivity index (χ0v) is 33.9. The van der Waals surface area contributed by atoms with Crippen molar-refractivity contribution in [1.82, 2.24) is 10.2 Å². The van der Waals surface area contributed by atoms with Gasteiger partial charge in [0, 0.05) is 44.7 Å². The van der Waals surface area contributed by atoms with E-state index in [-0.39, 0.29) is 56.3 Å². The molecule has 1 heterocycles. The number of carbonyl (C=O) groups is 2. The van der Waals surface area contributed by atoms with Crippen LogP contribution in [0.1, 0.15) is 89.7 Å². The molecule has 2 aromatic carbocycles. The normalized spacial score (nSPS) is 24.5. The molecule has 1 aliphatic heterocycles. The van der Waals surface area contributed by atoms with E-state index in [0.29, 0.717) is 42.3 Å². The highest BCUT2D eigenvalue weighted by Gasteiger charge is 2.65. The highest BCUT2D eigenvalue weighted by molar-refractivity contribution is 6.03. The number of amides is 2. The Bertz CT molecular complexity index is 1740. The first-order valence-corrected chi connectivity index (χ1v) is 20.0. The molecular weight excluding hydrogens is 714 g/mol. The van der Waals surface area contributed by atoms with Gasteiger partial charge in [0.2, 0.25) is 11.7 Å². The summed E-state index contributed by atoms with van der Waals surface area (Å²) in [5.74, 6) is -0.528. The van der Waals surface area contributed by atoms with Crippen LogP contribution < -0.4 is 19.5 Å². The van der Waals surface area contributed by atoms with E-state index in [0.717, 1.165) is 42.4 Å². The summed E-state index contributed by atoms with van der Waals surface area (Å²) in [6, 6.07) is 12.3. The minimum absolute atomic E-state index is 0.0318. The Morgan fingerprint density at radius 2 is 1.82 bits per heavy atom. The molecule has 56 heavy (non-hydrogen) atoms. The van der Waals surface area contributed by atoms with E-state index < -0.39 is 29.4 Å². The molecule has 6 unspecified atom stereocenters. The third kappa shape index (κ3) is 9.76. The van der Waals surface area contributed by atoms with Crippen molar-refractivity contribution in [2.75, 3.05) is 40.5 Å². The Morgan fingerprint density at radius 3 is 2.50 bits per heavy atom. The molecule has 5 rings (SSSR count). The standard InChI is InChI=1S/C44H61N3O9/c1-8-23-53-44-38(47(6)39(50)25-29-15-14-17-31(24-29)52-7)28-36(46-56-43(3,4)5)34-26-30(16-10-12-21-48)33(18-11-13-22-49)40(41(34)44)35-27-32(19-20-37(35)55-44)54-42(51)45-9-2/h8,14-15,17,19-20,24,26-27,30,33,38,40-41,48-49H,1,9-13,16,18,21-23,25,28H2,2-7H3,(H,45,51). The maximum atomic E-state index is 14.4. The number of benzene rings is 2. The van der Waals surface area contributed by atoms with E-state index in [9.17, 15) is 19.8 Å². The van der Waals surface area contributed by atoms with Gasteiger partial charge in [-0.15, -0.1) is 6.58 Å². The van der Waals surface area contributed by atoms with Gasteiger partial charge in [-0.3, -0.25) is 4.79 Å². The molecular formula is C44H61N3O9. The van der Waals surface area contributed by atoms with Crippen LogP contribution in [0.25, 0.3) is 0 Å². The lowest BCUT2D eigenvalue weighted by Gasteiger charge is -2.59. The van der Waals surface area contributed by atoms with Crippen LogP contribution in [0.15, 0.2) is 71.9 Å². The quantitative estimate of drug-likeness (QED) is 0.0833. The zero-order valence-electron chi connectivity index (χ0n) is 33.9. The molecule has 2 aromatic rings. The van der Waals surface area contributed by atoms with Gasteiger partial charge in [-0.25, -0.2) is 4.79 Å². The molecule has 0 spiro atoms. The summed E-state index contributed by atoms with van der Waals surface area (Å²) in [4.78, 5) is 35.0. The molecule has 3 N–H and O–H groups in total. The molecule has 3 aliphatic rings. The number of allylic oxidation sites excluding steroid dienone is 1. The molecule has 306 valence electrons. The Hall–Kier alpha value is -4.39. The number of likely N-dealkylation sites (N-methyl/N-ethyl adjacent to an activating group) is 1. The van der Waals surface area contributed by atoms with Crippen LogP contribution in [0.2, 0.25) is 0 Å². The molecule has 12 nitrogen and oxygen atoms in total. The molecule has 12 heteroatoms. The van der Waals surface area contributed by atoms with Crippen LogP contribution in [-0.4, -0.2) is 90.8 Å². The van der Waals surface area contributed by atoms with Gasteiger partial charge >= 0.3 is 6.09 Å². The summed E-state index contributed by atoms with van der Waals surface area (Å²) in [5, 5.41) is 27.2. The fourth-order valence-corrected chi connectivity index (χ4v) is 8.53. The van der Waals surface area contributed by atoms with Crippen LogP contribution in [0.3, 0.4) is 0 Å². The van der Waals surface area contributed by atoms with Crippen molar-refractivity contribution in [3.05, 3.63) is 77.9 Å². The number of unbranched alkanes of at least 4 members (excludes halogenated alkanes) is 2. The predicted octanol–water partition coefficient (Wildman–Crippen LogP) is 6.94. The van der Waals surface area contributed by atoms with Crippen LogP contribution in [-0.2, 0) is 20.8 Å². The molecule has 2 amide bonds. The molecule has 1 saturated carbocycles. The number of methoxy groups -OCH3 is 1. The summed E-state index contributed by atoms with van der Waals surface area (Å²) in [5.41, 5.74) is 2.72. The Balaban J connectivity index is 1.74. The number of hydrogen-bond donors (Lipinski definition) is 3. The number of nitrogens with zero attached hydrogens (tertiary/aromatic N) is 2.